The van der Waals surface area contributed by atoms with Crippen LogP contribution in [-0.2, 0) is 0 Å². The Kier molecular flexibility index (Phi) is 4.67. The van der Waals surface area contributed by atoms with Crippen molar-refractivity contribution in [3.8, 4) is 22.3 Å². The molecule has 0 saturated heterocycles. The van der Waals surface area contributed by atoms with Crippen LogP contribution in [0.25, 0.3) is 87.3 Å². The summed E-state index contributed by atoms with van der Waals surface area (Å²) < 4.78 is 6.80. The second-order valence-corrected chi connectivity index (χ2v) is 10.9. The lowest BCUT2D eigenvalue weighted by Crippen LogP contribution is -1.88. The molecule has 0 saturated carbocycles. The Labute approximate surface area is 236 Å². The van der Waals surface area contributed by atoms with Crippen LogP contribution in [0.2, 0.25) is 0 Å². The Morgan fingerprint density at radius 2 is 1.00 bits per heavy atom. The van der Waals surface area contributed by atoms with Gasteiger partial charge in [0.2, 0.25) is 0 Å². The van der Waals surface area contributed by atoms with E-state index >= 15 is 0 Å². The van der Waals surface area contributed by atoms with Gasteiger partial charge in [-0.15, -0.1) is 0 Å². The average molecular weight is 521 g/mol. The zero-order valence-corrected chi connectivity index (χ0v) is 22.3. The fraction of sp³-hybridized carbons (Fsp3) is 0. The van der Waals surface area contributed by atoms with Gasteiger partial charge in [-0.2, -0.15) is 0 Å². The normalized spacial score (nSPS) is 11.9. The molecule has 0 fully saturated rings. The zero-order chi connectivity index (χ0) is 26.9. The summed E-state index contributed by atoms with van der Waals surface area (Å²) in [5.41, 5.74) is 6.62. The van der Waals surface area contributed by atoms with E-state index in [1.807, 2.05) is 0 Å². The molecular formula is C40H24O. The van der Waals surface area contributed by atoms with Crippen molar-refractivity contribution in [3.63, 3.8) is 0 Å². The van der Waals surface area contributed by atoms with E-state index in [1.165, 1.54) is 54.2 Å². The first-order chi connectivity index (χ1) is 20.3. The van der Waals surface area contributed by atoms with E-state index in [0.717, 1.165) is 33.1 Å². The lowest BCUT2D eigenvalue weighted by molar-refractivity contribution is 0.670. The number of furan rings is 1. The van der Waals surface area contributed by atoms with Crippen molar-refractivity contribution in [2.45, 2.75) is 0 Å². The second-order valence-electron chi connectivity index (χ2n) is 10.9. The van der Waals surface area contributed by atoms with Crippen molar-refractivity contribution in [2.75, 3.05) is 0 Å². The predicted octanol–water partition coefficient (Wildman–Crippen LogP) is 11.5. The molecule has 0 amide bonds. The van der Waals surface area contributed by atoms with Crippen LogP contribution in [0.5, 0.6) is 0 Å². The minimum Gasteiger partial charge on any atom is -0.455 e. The van der Waals surface area contributed by atoms with E-state index in [4.69, 9.17) is 4.42 Å². The summed E-state index contributed by atoms with van der Waals surface area (Å²) in [6.45, 7) is 0. The fourth-order valence-corrected chi connectivity index (χ4v) is 6.83. The molecule has 1 heterocycles. The summed E-state index contributed by atoms with van der Waals surface area (Å²) in [5, 5.41) is 12.3. The third-order valence-corrected chi connectivity index (χ3v) is 8.61. The lowest BCUT2D eigenvalue weighted by atomic mass is 9.87. The molecule has 190 valence electrons. The van der Waals surface area contributed by atoms with Gasteiger partial charge in [0.15, 0.2) is 0 Å². The Bertz CT molecular complexity index is 2460. The lowest BCUT2D eigenvalue weighted by Gasteiger charge is -2.15. The molecular weight excluding hydrogens is 496 g/mol. The first kappa shape index (κ1) is 22.4. The molecule has 8 aromatic carbocycles. The van der Waals surface area contributed by atoms with Crippen molar-refractivity contribution in [1.29, 1.82) is 0 Å². The maximum absolute atomic E-state index is 6.80. The predicted molar refractivity (Wildman–Crippen MR) is 175 cm³/mol. The minimum absolute atomic E-state index is 0.909. The van der Waals surface area contributed by atoms with E-state index in [0.29, 0.717) is 0 Å². The van der Waals surface area contributed by atoms with Gasteiger partial charge in [0.1, 0.15) is 11.2 Å². The highest BCUT2D eigenvalue weighted by atomic mass is 16.3. The van der Waals surface area contributed by atoms with Crippen molar-refractivity contribution < 1.29 is 4.42 Å². The van der Waals surface area contributed by atoms with E-state index in [9.17, 15) is 0 Å². The van der Waals surface area contributed by atoms with Crippen molar-refractivity contribution >= 4 is 65.0 Å². The van der Waals surface area contributed by atoms with Crippen molar-refractivity contribution in [2.24, 2.45) is 0 Å². The Balaban J connectivity index is 1.49. The first-order valence-electron chi connectivity index (χ1n) is 14.1. The summed E-state index contributed by atoms with van der Waals surface area (Å²) in [7, 11) is 0. The zero-order valence-electron chi connectivity index (χ0n) is 22.3. The summed E-state index contributed by atoms with van der Waals surface area (Å²) in [6, 6.07) is 52.5. The van der Waals surface area contributed by atoms with E-state index in [-0.39, 0.29) is 0 Å². The van der Waals surface area contributed by atoms with Crippen LogP contribution in [0.3, 0.4) is 0 Å². The molecule has 1 aromatic heterocycles. The van der Waals surface area contributed by atoms with E-state index in [2.05, 4.69) is 146 Å². The van der Waals surface area contributed by atoms with Crippen LogP contribution in [0.4, 0.5) is 0 Å². The number of benzene rings is 8. The van der Waals surface area contributed by atoms with Crippen LogP contribution >= 0.6 is 0 Å². The highest BCUT2D eigenvalue weighted by Gasteiger charge is 2.21. The molecule has 0 atom stereocenters. The fourth-order valence-electron chi connectivity index (χ4n) is 6.83. The van der Waals surface area contributed by atoms with Crippen LogP contribution < -0.4 is 0 Å². The number of hydrogen-bond acceptors (Lipinski definition) is 1. The number of hydrogen-bond donors (Lipinski definition) is 0. The monoisotopic (exact) mass is 520 g/mol. The molecule has 1 heteroatoms. The van der Waals surface area contributed by atoms with Gasteiger partial charge in [-0.3, -0.25) is 0 Å². The van der Waals surface area contributed by atoms with Gasteiger partial charge in [-0.25, -0.2) is 0 Å². The number of rotatable bonds is 2. The highest BCUT2D eigenvalue weighted by molar-refractivity contribution is 6.27. The minimum atomic E-state index is 0.909. The van der Waals surface area contributed by atoms with Gasteiger partial charge in [0.25, 0.3) is 0 Å². The van der Waals surface area contributed by atoms with Gasteiger partial charge in [-0.1, -0.05) is 127 Å². The molecule has 0 aliphatic heterocycles. The summed E-state index contributed by atoms with van der Waals surface area (Å²) in [5.74, 6) is 0. The first-order valence-corrected chi connectivity index (χ1v) is 14.1. The van der Waals surface area contributed by atoms with Gasteiger partial charge < -0.3 is 4.42 Å². The average Bonchev–Trinajstić information content (AvgIpc) is 3.41. The van der Waals surface area contributed by atoms with Crippen molar-refractivity contribution in [3.05, 3.63) is 146 Å². The van der Waals surface area contributed by atoms with Crippen LogP contribution in [0.15, 0.2) is 150 Å². The molecule has 0 bridgehead atoms. The van der Waals surface area contributed by atoms with E-state index in [1.54, 1.807) is 0 Å². The summed E-state index contributed by atoms with van der Waals surface area (Å²) >= 11 is 0. The molecule has 9 rings (SSSR count). The van der Waals surface area contributed by atoms with Gasteiger partial charge in [-0.05, 0) is 78.0 Å². The second kappa shape index (κ2) is 8.55. The van der Waals surface area contributed by atoms with Crippen molar-refractivity contribution in [1.82, 2.24) is 0 Å². The third kappa shape index (κ3) is 3.24. The standard InChI is InChI=1S/C40H24O/c1-2-12-26(13-3-1)37-30-17-8-5-15-28(30)24-35-39-33(19-10-20-36(39)41-40(35)37)38-31-18-9-6-14-27(31)23-34-29-16-7-4-11-25(29)21-22-32(34)38/h1-24H. The number of fused-ring (bicyclic) bond motifs is 8. The Morgan fingerprint density at radius 3 is 1.78 bits per heavy atom. The highest BCUT2D eigenvalue weighted by Crippen LogP contribution is 2.47. The Hall–Kier alpha value is -5.40. The van der Waals surface area contributed by atoms with Crippen LogP contribution in [0.1, 0.15) is 0 Å². The molecule has 9 aromatic rings. The molecule has 0 unspecified atom stereocenters. The van der Waals surface area contributed by atoms with Crippen LogP contribution in [-0.4, -0.2) is 0 Å². The topological polar surface area (TPSA) is 13.1 Å². The summed E-state index contributed by atoms with van der Waals surface area (Å²) in [6.07, 6.45) is 0. The van der Waals surface area contributed by atoms with Gasteiger partial charge >= 0.3 is 0 Å². The Morgan fingerprint density at radius 1 is 0.366 bits per heavy atom. The van der Waals surface area contributed by atoms with Crippen LogP contribution in [0, 0.1) is 0 Å². The molecule has 0 spiro atoms. The smallest absolute Gasteiger partial charge is 0.143 e. The molecule has 0 aliphatic carbocycles. The van der Waals surface area contributed by atoms with E-state index < -0.39 is 0 Å². The molecule has 0 radical (unpaired) electrons. The third-order valence-electron chi connectivity index (χ3n) is 8.61. The maximum Gasteiger partial charge on any atom is 0.143 e. The van der Waals surface area contributed by atoms with Gasteiger partial charge in [0.05, 0.1) is 0 Å². The molecule has 1 nitrogen and oxygen atoms in total. The maximum atomic E-state index is 6.80. The quantitative estimate of drug-likeness (QED) is 0.163. The molecule has 41 heavy (non-hydrogen) atoms. The summed E-state index contributed by atoms with van der Waals surface area (Å²) in [4.78, 5) is 0. The van der Waals surface area contributed by atoms with Gasteiger partial charge in [0, 0.05) is 16.3 Å². The largest absolute Gasteiger partial charge is 0.455 e. The SMILES string of the molecule is c1ccc(-c2c3ccccc3cc3c2oc2cccc(-c4c5ccccc5cc5c4ccc4ccccc45)c23)cc1. The molecule has 0 N–H and O–H groups in total. The molecule has 0 aliphatic rings.